The van der Waals surface area contributed by atoms with Crippen LogP contribution in [0.15, 0.2) is 24.3 Å². The molecule has 2 nitrogen and oxygen atoms in total. The van der Waals surface area contributed by atoms with Crippen molar-refractivity contribution in [1.29, 1.82) is 0 Å². The molecular formula is C10H16O2. The Morgan fingerprint density at radius 2 is 1.92 bits per heavy atom. The van der Waals surface area contributed by atoms with Gasteiger partial charge < -0.3 is 5.11 Å². The van der Waals surface area contributed by atoms with Gasteiger partial charge in [0.2, 0.25) is 0 Å². The highest BCUT2D eigenvalue weighted by atomic mass is 16.4. The maximum atomic E-state index is 10.7. The molecule has 0 aromatic heterocycles. The van der Waals surface area contributed by atoms with E-state index < -0.39 is 11.9 Å². The van der Waals surface area contributed by atoms with Crippen LogP contribution in [0.4, 0.5) is 0 Å². The number of allylic oxidation sites excluding steroid dienone is 1. The summed E-state index contributed by atoms with van der Waals surface area (Å²) in [6.45, 7) is 11.0. The molecule has 0 aliphatic rings. The van der Waals surface area contributed by atoms with Crippen LogP contribution in [-0.2, 0) is 4.79 Å². The van der Waals surface area contributed by atoms with Gasteiger partial charge in [0.05, 0.1) is 5.92 Å². The highest BCUT2D eigenvalue weighted by Gasteiger charge is 2.16. The van der Waals surface area contributed by atoms with Crippen LogP contribution in [-0.4, -0.2) is 11.1 Å². The summed E-state index contributed by atoms with van der Waals surface area (Å²) < 4.78 is 0. The van der Waals surface area contributed by atoms with Gasteiger partial charge in [-0.2, -0.15) is 0 Å². The normalized spacial score (nSPS) is 12.2. The molecule has 0 saturated heterocycles. The van der Waals surface area contributed by atoms with Crippen molar-refractivity contribution < 1.29 is 9.90 Å². The van der Waals surface area contributed by atoms with Crippen molar-refractivity contribution in [2.45, 2.75) is 26.7 Å². The molecule has 0 fully saturated rings. The van der Waals surface area contributed by atoms with Gasteiger partial charge in [0, 0.05) is 0 Å². The van der Waals surface area contributed by atoms with E-state index in [1.807, 2.05) is 6.92 Å². The summed E-state index contributed by atoms with van der Waals surface area (Å²) in [5.41, 5.74) is 1.73. The second kappa shape index (κ2) is 4.75. The molecule has 1 atom stereocenters. The number of aliphatic carboxylic acids is 1. The molecule has 0 amide bonds. The zero-order valence-corrected chi connectivity index (χ0v) is 7.76. The average molecular weight is 168 g/mol. The molecule has 0 aliphatic heterocycles. The van der Waals surface area contributed by atoms with Crippen molar-refractivity contribution in [1.82, 2.24) is 0 Å². The van der Waals surface area contributed by atoms with Gasteiger partial charge in [0.1, 0.15) is 0 Å². The molecule has 0 aromatic rings. The number of carboxylic acids is 1. The molecule has 0 spiro atoms. The second-order valence-corrected chi connectivity index (χ2v) is 3.23. The molecule has 1 unspecified atom stereocenters. The van der Waals surface area contributed by atoms with E-state index in [0.29, 0.717) is 12.0 Å². The molecule has 2 heteroatoms. The summed E-state index contributed by atoms with van der Waals surface area (Å²) in [5.74, 6) is -1.20. The minimum absolute atomic E-state index is 0.415. The van der Waals surface area contributed by atoms with Crippen LogP contribution < -0.4 is 0 Å². The molecule has 0 radical (unpaired) electrons. The zero-order valence-electron chi connectivity index (χ0n) is 7.76. The van der Waals surface area contributed by atoms with Gasteiger partial charge in [-0.1, -0.05) is 17.7 Å². The van der Waals surface area contributed by atoms with Gasteiger partial charge in [-0.25, -0.2) is 0 Å². The van der Waals surface area contributed by atoms with Gasteiger partial charge in [-0.3, -0.25) is 4.79 Å². The van der Waals surface area contributed by atoms with Crippen molar-refractivity contribution in [3.05, 3.63) is 24.3 Å². The first kappa shape index (κ1) is 11.0. The van der Waals surface area contributed by atoms with Crippen LogP contribution in [0.1, 0.15) is 26.7 Å². The van der Waals surface area contributed by atoms with Gasteiger partial charge in [0.25, 0.3) is 0 Å². The van der Waals surface area contributed by atoms with E-state index in [1.54, 1.807) is 6.92 Å². The smallest absolute Gasteiger partial charge is 0.310 e. The van der Waals surface area contributed by atoms with Crippen LogP contribution in [0.2, 0.25) is 0 Å². The lowest BCUT2D eigenvalue weighted by Crippen LogP contribution is -2.14. The fourth-order valence-electron chi connectivity index (χ4n) is 0.971. The third-order valence-electron chi connectivity index (χ3n) is 1.75. The molecule has 0 heterocycles. The first-order valence-corrected chi connectivity index (χ1v) is 3.97. The van der Waals surface area contributed by atoms with E-state index in [2.05, 4.69) is 13.2 Å². The lowest BCUT2D eigenvalue weighted by Gasteiger charge is -2.11. The van der Waals surface area contributed by atoms with Crippen LogP contribution in [0.3, 0.4) is 0 Å². The Labute approximate surface area is 73.6 Å². The van der Waals surface area contributed by atoms with Crippen LogP contribution in [0.5, 0.6) is 0 Å². The Balaban J connectivity index is 4.06. The first-order valence-electron chi connectivity index (χ1n) is 3.97. The van der Waals surface area contributed by atoms with E-state index in [4.69, 9.17) is 5.11 Å². The van der Waals surface area contributed by atoms with E-state index >= 15 is 0 Å². The molecule has 12 heavy (non-hydrogen) atoms. The Hall–Kier alpha value is -1.05. The third kappa shape index (κ3) is 3.96. The van der Waals surface area contributed by atoms with Crippen molar-refractivity contribution >= 4 is 5.97 Å². The number of rotatable bonds is 5. The Morgan fingerprint density at radius 3 is 2.17 bits per heavy atom. The zero-order chi connectivity index (χ0) is 9.72. The maximum Gasteiger partial charge on any atom is 0.310 e. The molecular weight excluding hydrogens is 152 g/mol. The Bertz CT molecular complexity index is 190. The predicted octanol–water partition coefficient (Wildman–Crippen LogP) is 2.62. The average Bonchev–Trinajstić information content (AvgIpc) is 1.84. The largest absolute Gasteiger partial charge is 0.481 e. The molecule has 0 rings (SSSR count). The quantitative estimate of drug-likeness (QED) is 0.641. The highest BCUT2D eigenvalue weighted by Crippen LogP contribution is 2.17. The lowest BCUT2D eigenvalue weighted by atomic mass is 9.95. The first-order chi connectivity index (χ1) is 5.45. The monoisotopic (exact) mass is 168 g/mol. The number of hydrogen-bond acceptors (Lipinski definition) is 1. The number of hydrogen-bond donors (Lipinski definition) is 1. The van der Waals surface area contributed by atoms with Crippen molar-refractivity contribution in [3.63, 3.8) is 0 Å². The fourth-order valence-corrected chi connectivity index (χ4v) is 0.971. The third-order valence-corrected chi connectivity index (χ3v) is 1.75. The minimum atomic E-state index is -0.788. The van der Waals surface area contributed by atoms with Crippen LogP contribution in [0, 0.1) is 5.92 Å². The van der Waals surface area contributed by atoms with Gasteiger partial charge in [-0.05, 0) is 26.7 Å². The summed E-state index contributed by atoms with van der Waals surface area (Å²) in [6.07, 6.45) is 1.36. The maximum absolute atomic E-state index is 10.7. The Morgan fingerprint density at radius 1 is 1.42 bits per heavy atom. The van der Waals surface area contributed by atoms with Gasteiger partial charge in [-0.15, -0.1) is 6.58 Å². The fraction of sp³-hybridized carbons (Fsp3) is 0.500. The van der Waals surface area contributed by atoms with Crippen molar-refractivity contribution in [2.24, 2.45) is 5.92 Å². The summed E-state index contributed by atoms with van der Waals surface area (Å²) in [6, 6.07) is 0. The van der Waals surface area contributed by atoms with Crippen LogP contribution >= 0.6 is 0 Å². The van der Waals surface area contributed by atoms with Gasteiger partial charge >= 0.3 is 5.97 Å². The molecule has 0 aromatic carbocycles. The standard InChI is InChI=1S/C10H16O2/c1-7(2)5-6-9(8(3)4)10(11)12/h9H,1,3,5-6H2,2,4H3,(H,11,12). The molecule has 1 N–H and O–H groups in total. The molecule has 0 saturated carbocycles. The Kier molecular flexibility index (Phi) is 4.34. The summed E-state index contributed by atoms with van der Waals surface area (Å²) in [4.78, 5) is 10.7. The summed E-state index contributed by atoms with van der Waals surface area (Å²) in [7, 11) is 0. The SMILES string of the molecule is C=C(C)CCC(C(=C)C)C(=O)O. The molecule has 0 bridgehead atoms. The van der Waals surface area contributed by atoms with E-state index in [0.717, 1.165) is 12.0 Å². The molecule has 68 valence electrons. The second-order valence-electron chi connectivity index (χ2n) is 3.23. The van der Waals surface area contributed by atoms with Gasteiger partial charge in [0.15, 0.2) is 0 Å². The van der Waals surface area contributed by atoms with E-state index in [9.17, 15) is 4.79 Å². The topological polar surface area (TPSA) is 37.3 Å². The summed E-state index contributed by atoms with van der Waals surface area (Å²) in [5, 5.41) is 8.77. The number of carbonyl (C=O) groups is 1. The minimum Gasteiger partial charge on any atom is -0.481 e. The van der Waals surface area contributed by atoms with Crippen molar-refractivity contribution in [3.8, 4) is 0 Å². The lowest BCUT2D eigenvalue weighted by molar-refractivity contribution is -0.140. The van der Waals surface area contributed by atoms with Crippen LogP contribution in [0.25, 0.3) is 0 Å². The van der Waals surface area contributed by atoms with E-state index in [-0.39, 0.29) is 0 Å². The predicted molar refractivity (Wildman–Crippen MR) is 50.0 cm³/mol. The summed E-state index contributed by atoms with van der Waals surface area (Å²) >= 11 is 0. The van der Waals surface area contributed by atoms with Crippen molar-refractivity contribution in [2.75, 3.05) is 0 Å². The number of carboxylic acid groups (broad SMARTS) is 1. The molecule has 0 aliphatic carbocycles. The van der Waals surface area contributed by atoms with E-state index in [1.165, 1.54) is 0 Å². The highest BCUT2D eigenvalue weighted by molar-refractivity contribution is 5.73.